The van der Waals surface area contributed by atoms with Crippen LogP contribution >= 0.6 is 0 Å². The molecule has 1 aromatic carbocycles. The van der Waals surface area contributed by atoms with Crippen LogP contribution < -0.4 is 5.56 Å². The van der Waals surface area contributed by atoms with Crippen molar-refractivity contribution in [1.29, 1.82) is 0 Å². The van der Waals surface area contributed by atoms with Gasteiger partial charge in [-0.2, -0.15) is 0 Å². The molecule has 0 fully saturated rings. The molecule has 13 heavy (non-hydrogen) atoms. The predicted molar refractivity (Wildman–Crippen MR) is 50.5 cm³/mol. The summed E-state index contributed by atoms with van der Waals surface area (Å²) in [7, 11) is 0. The Labute approximate surface area is 75.1 Å². The number of fused-ring (bicyclic) bond motifs is 1. The Hall–Kier alpha value is -1.77. The van der Waals surface area contributed by atoms with Gasteiger partial charge in [-0.25, -0.2) is 4.98 Å². The van der Waals surface area contributed by atoms with Crippen molar-refractivity contribution in [2.75, 3.05) is 0 Å². The Morgan fingerprint density at radius 2 is 1.69 bits per heavy atom. The van der Waals surface area contributed by atoms with Gasteiger partial charge in [-0.15, -0.1) is 0 Å². The van der Waals surface area contributed by atoms with Gasteiger partial charge in [-0.3, -0.25) is 9.78 Å². The van der Waals surface area contributed by atoms with Gasteiger partial charge < -0.3 is 0 Å². The molecule has 0 unspecified atom stereocenters. The van der Waals surface area contributed by atoms with Gasteiger partial charge in [0.2, 0.25) is 0 Å². The molecule has 1 heterocycles. The zero-order chi connectivity index (χ0) is 9.26. The molecule has 64 valence electrons. The fraction of sp³-hybridized carbons (Fsp3) is 0.100. The molecular weight excluding hydrogens is 164 g/mol. The molecule has 0 aliphatic carbocycles. The highest BCUT2D eigenvalue weighted by atomic mass is 16.1. The minimum absolute atomic E-state index is 0.244. The van der Waals surface area contributed by atoms with E-state index in [4.69, 9.17) is 0 Å². The summed E-state index contributed by atoms with van der Waals surface area (Å²) in [4.78, 5) is 19.3. The summed E-state index contributed by atoms with van der Waals surface area (Å²) in [5.74, 6) is 0. The quantitative estimate of drug-likeness (QED) is 0.601. The van der Waals surface area contributed by atoms with Crippen LogP contribution in [0.15, 0.2) is 35.1 Å². The first kappa shape index (κ1) is 7.86. The standard InChI is InChI=1S/C10H8N2O/c1-7-6-10(13)12-9-5-3-2-4-8(9)11-7/h2-6H,1H3. The molecule has 0 amide bonds. The molecule has 3 heteroatoms. The zero-order valence-electron chi connectivity index (χ0n) is 7.19. The first-order chi connectivity index (χ1) is 6.25. The van der Waals surface area contributed by atoms with Crippen LogP contribution in [0.5, 0.6) is 0 Å². The van der Waals surface area contributed by atoms with E-state index in [1.807, 2.05) is 18.2 Å². The second kappa shape index (κ2) is 2.94. The summed E-state index contributed by atoms with van der Waals surface area (Å²) < 4.78 is 0. The van der Waals surface area contributed by atoms with E-state index >= 15 is 0 Å². The van der Waals surface area contributed by atoms with E-state index in [0.29, 0.717) is 11.2 Å². The van der Waals surface area contributed by atoms with Crippen LogP contribution in [-0.2, 0) is 0 Å². The van der Waals surface area contributed by atoms with Gasteiger partial charge in [0, 0.05) is 11.8 Å². The van der Waals surface area contributed by atoms with E-state index in [2.05, 4.69) is 9.97 Å². The highest BCUT2D eigenvalue weighted by Gasteiger charge is 1.94. The van der Waals surface area contributed by atoms with E-state index < -0.39 is 0 Å². The maximum absolute atomic E-state index is 11.2. The smallest absolute Gasteiger partial charge is 0.267 e. The zero-order valence-corrected chi connectivity index (χ0v) is 7.19. The average molecular weight is 172 g/mol. The highest BCUT2D eigenvalue weighted by Crippen LogP contribution is 2.04. The molecule has 0 aliphatic heterocycles. The van der Waals surface area contributed by atoms with Gasteiger partial charge in [-0.1, -0.05) is 12.1 Å². The predicted octanol–water partition coefficient (Wildman–Crippen LogP) is 1.30. The van der Waals surface area contributed by atoms with Crippen molar-refractivity contribution in [3.05, 3.63) is 46.4 Å². The van der Waals surface area contributed by atoms with Crippen molar-refractivity contribution >= 4 is 11.0 Å². The normalized spacial score (nSPS) is 10.2. The molecule has 1 aromatic heterocycles. The fourth-order valence-corrected chi connectivity index (χ4v) is 1.21. The van der Waals surface area contributed by atoms with Crippen LogP contribution in [0.25, 0.3) is 11.0 Å². The number of aryl methyl sites for hydroxylation is 1. The van der Waals surface area contributed by atoms with Gasteiger partial charge >= 0.3 is 0 Å². The third kappa shape index (κ3) is 1.54. The number of nitrogens with zero attached hydrogens (tertiary/aromatic N) is 2. The number of benzene rings is 1. The lowest BCUT2D eigenvalue weighted by Crippen LogP contribution is -1.98. The molecule has 0 spiro atoms. The number of rotatable bonds is 0. The van der Waals surface area contributed by atoms with E-state index in [1.54, 1.807) is 13.0 Å². The lowest BCUT2D eigenvalue weighted by molar-refractivity contribution is 1.25. The SMILES string of the molecule is Cc1cc(=O)nc2ccccc2n1. The molecule has 3 nitrogen and oxygen atoms in total. The number of aromatic nitrogens is 2. The van der Waals surface area contributed by atoms with Crippen LogP contribution in [-0.4, -0.2) is 9.97 Å². The van der Waals surface area contributed by atoms with Crippen molar-refractivity contribution < 1.29 is 0 Å². The monoisotopic (exact) mass is 172 g/mol. The van der Waals surface area contributed by atoms with Gasteiger partial charge in [0.05, 0.1) is 11.0 Å². The topological polar surface area (TPSA) is 42.9 Å². The summed E-state index contributed by atoms with van der Waals surface area (Å²) in [6.45, 7) is 1.79. The second-order valence-corrected chi connectivity index (χ2v) is 2.84. The molecule has 0 radical (unpaired) electrons. The fourth-order valence-electron chi connectivity index (χ4n) is 1.21. The molecule has 0 bridgehead atoms. The van der Waals surface area contributed by atoms with E-state index in [-0.39, 0.29) is 5.56 Å². The lowest BCUT2D eigenvalue weighted by Gasteiger charge is -1.87. The van der Waals surface area contributed by atoms with Crippen molar-refractivity contribution in [2.45, 2.75) is 6.92 Å². The van der Waals surface area contributed by atoms with Gasteiger partial charge in [0.1, 0.15) is 0 Å². The Bertz CT molecular complexity index is 508. The first-order valence-electron chi connectivity index (χ1n) is 4.00. The molecular formula is C10H8N2O. The largest absolute Gasteiger partial charge is 0.272 e. The molecule has 0 aliphatic rings. The van der Waals surface area contributed by atoms with Crippen molar-refractivity contribution in [2.24, 2.45) is 0 Å². The first-order valence-corrected chi connectivity index (χ1v) is 4.00. The Kier molecular flexibility index (Phi) is 1.77. The molecule has 2 rings (SSSR count). The maximum atomic E-state index is 11.2. The molecule has 0 atom stereocenters. The van der Waals surface area contributed by atoms with Gasteiger partial charge in [-0.05, 0) is 19.1 Å². The maximum Gasteiger partial charge on any atom is 0.272 e. The van der Waals surface area contributed by atoms with Crippen LogP contribution in [0.3, 0.4) is 0 Å². The molecule has 0 saturated heterocycles. The second-order valence-electron chi connectivity index (χ2n) is 2.84. The summed E-state index contributed by atoms with van der Waals surface area (Å²) in [6.07, 6.45) is 0. The van der Waals surface area contributed by atoms with E-state index in [0.717, 1.165) is 5.52 Å². The molecule has 0 N–H and O–H groups in total. The van der Waals surface area contributed by atoms with Crippen molar-refractivity contribution in [3.63, 3.8) is 0 Å². The summed E-state index contributed by atoms with van der Waals surface area (Å²) in [5.41, 5.74) is 1.84. The Morgan fingerprint density at radius 1 is 1.08 bits per heavy atom. The van der Waals surface area contributed by atoms with Crippen LogP contribution in [0, 0.1) is 6.92 Å². The van der Waals surface area contributed by atoms with Crippen molar-refractivity contribution in [3.8, 4) is 0 Å². The number of para-hydroxylation sites is 2. The third-order valence-corrected chi connectivity index (χ3v) is 1.74. The minimum atomic E-state index is -0.244. The number of hydrogen-bond donors (Lipinski definition) is 0. The van der Waals surface area contributed by atoms with Gasteiger partial charge in [0.25, 0.3) is 5.56 Å². The Balaban J connectivity index is 2.98. The van der Waals surface area contributed by atoms with Gasteiger partial charge in [0.15, 0.2) is 0 Å². The van der Waals surface area contributed by atoms with Crippen molar-refractivity contribution in [1.82, 2.24) is 9.97 Å². The number of hydrogen-bond acceptors (Lipinski definition) is 3. The van der Waals surface area contributed by atoms with Crippen LogP contribution in [0.2, 0.25) is 0 Å². The summed E-state index contributed by atoms with van der Waals surface area (Å²) in [5, 5.41) is 0. The lowest BCUT2D eigenvalue weighted by atomic mass is 10.3. The third-order valence-electron chi connectivity index (χ3n) is 1.74. The summed E-state index contributed by atoms with van der Waals surface area (Å²) in [6, 6.07) is 8.77. The highest BCUT2D eigenvalue weighted by molar-refractivity contribution is 5.73. The molecule has 0 saturated carbocycles. The Morgan fingerprint density at radius 3 is 2.38 bits per heavy atom. The molecule has 2 aromatic rings. The van der Waals surface area contributed by atoms with Crippen LogP contribution in [0.1, 0.15) is 5.69 Å². The summed E-state index contributed by atoms with van der Waals surface area (Å²) >= 11 is 0. The van der Waals surface area contributed by atoms with E-state index in [1.165, 1.54) is 6.07 Å². The average Bonchev–Trinajstić information content (AvgIpc) is 2.20. The van der Waals surface area contributed by atoms with Crippen LogP contribution in [0.4, 0.5) is 0 Å². The van der Waals surface area contributed by atoms with E-state index in [9.17, 15) is 4.79 Å². The minimum Gasteiger partial charge on any atom is -0.267 e.